The van der Waals surface area contributed by atoms with Crippen LogP contribution in [0.2, 0.25) is 0 Å². The molecule has 1 saturated carbocycles. The van der Waals surface area contributed by atoms with Crippen LogP contribution in [-0.4, -0.2) is 40.1 Å². The number of imide groups is 1. The summed E-state index contributed by atoms with van der Waals surface area (Å²) in [5, 5.41) is 7.21. The van der Waals surface area contributed by atoms with E-state index in [0.717, 1.165) is 28.9 Å². The highest BCUT2D eigenvalue weighted by molar-refractivity contribution is 5.98. The summed E-state index contributed by atoms with van der Waals surface area (Å²) in [6.45, 7) is 2.25. The zero-order valence-electron chi connectivity index (χ0n) is 18.7. The molecule has 0 bridgehead atoms. The first-order chi connectivity index (χ1) is 16.0. The number of benzene rings is 2. The number of aromatic nitrogens is 2. The van der Waals surface area contributed by atoms with Crippen LogP contribution in [0.15, 0.2) is 53.1 Å². The highest BCUT2D eigenvalue weighted by Crippen LogP contribution is 2.38. The Kier molecular flexibility index (Phi) is 5.58. The van der Waals surface area contributed by atoms with E-state index in [4.69, 9.17) is 9.26 Å². The Balaban J connectivity index is 1.27. The maximum Gasteiger partial charge on any atom is 0.324 e. The molecule has 1 aliphatic carbocycles. The molecule has 3 aromatic rings. The van der Waals surface area contributed by atoms with Gasteiger partial charge < -0.3 is 14.6 Å². The van der Waals surface area contributed by atoms with E-state index >= 15 is 0 Å². The summed E-state index contributed by atoms with van der Waals surface area (Å²) in [5.74, 6) is 1.52. The highest BCUT2D eigenvalue weighted by atomic mass is 16.5. The summed E-state index contributed by atoms with van der Waals surface area (Å²) in [6.07, 6.45) is 2.03. The number of urea groups is 1. The van der Waals surface area contributed by atoms with Crippen molar-refractivity contribution in [1.29, 1.82) is 0 Å². The standard InChI is InChI=1S/C25H26N4O4/c1-15-5-3-4-6-19(15)22-27-23(33-28-22)17-9-12-20-21(13-17)26-25(31)29(24(20)30)14-16-7-10-18(32-2)11-8-16/h3-8,10-11,17,20-21H,9,12-14H2,1-2H3,(H,26,31). The Hall–Kier alpha value is -3.68. The molecule has 1 aromatic heterocycles. The van der Waals surface area contributed by atoms with Crippen molar-refractivity contribution in [2.45, 2.75) is 44.7 Å². The molecule has 170 valence electrons. The maximum atomic E-state index is 13.2. The number of fused-ring (bicyclic) bond motifs is 1. The van der Waals surface area contributed by atoms with Crippen molar-refractivity contribution in [3.8, 4) is 17.1 Å². The lowest BCUT2D eigenvalue weighted by molar-refractivity contribution is -0.137. The number of carbonyl (C=O) groups is 2. The van der Waals surface area contributed by atoms with Gasteiger partial charge in [0, 0.05) is 17.5 Å². The molecule has 2 aliphatic rings. The lowest BCUT2D eigenvalue weighted by Crippen LogP contribution is -2.60. The van der Waals surface area contributed by atoms with Crippen molar-refractivity contribution in [3.05, 3.63) is 65.5 Å². The Morgan fingerprint density at radius 3 is 2.67 bits per heavy atom. The number of nitrogens with one attached hydrogen (secondary N) is 1. The third-order valence-electron chi connectivity index (χ3n) is 6.66. The topological polar surface area (TPSA) is 97.6 Å². The van der Waals surface area contributed by atoms with Crippen LogP contribution in [0.5, 0.6) is 5.75 Å². The average Bonchev–Trinajstić information content (AvgIpc) is 3.32. The lowest BCUT2D eigenvalue weighted by Gasteiger charge is -2.41. The molecule has 1 N–H and O–H groups in total. The number of carbonyl (C=O) groups excluding carboxylic acids is 2. The minimum Gasteiger partial charge on any atom is -0.497 e. The van der Waals surface area contributed by atoms with Gasteiger partial charge in [-0.25, -0.2) is 4.79 Å². The third kappa shape index (κ3) is 4.08. The molecule has 0 spiro atoms. The number of rotatable bonds is 5. The van der Waals surface area contributed by atoms with Crippen LogP contribution in [0, 0.1) is 12.8 Å². The second-order valence-corrected chi connectivity index (χ2v) is 8.72. The zero-order chi connectivity index (χ0) is 22.9. The molecular formula is C25H26N4O4. The largest absolute Gasteiger partial charge is 0.497 e. The molecular weight excluding hydrogens is 420 g/mol. The van der Waals surface area contributed by atoms with E-state index in [1.54, 1.807) is 7.11 Å². The van der Waals surface area contributed by atoms with E-state index in [1.807, 2.05) is 55.5 Å². The van der Waals surface area contributed by atoms with Crippen LogP contribution in [0.1, 0.15) is 42.2 Å². The number of hydrogen-bond donors (Lipinski definition) is 1. The van der Waals surface area contributed by atoms with Gasteiger partial charge >= 0.3 is 6.03 Å². The molecule has 2 heterocycles. The lowest BCUT2D eigenvalue weighted by atomic mass is 9.76. The smallest absolute Gasteiger partial charge is 0.324 e. The van der Waals surface area contributed by atoms with E-state index in [9.17, 15) is 9.59 Å². The van der Waals surface area contributed by atoms with Gasteiger partial charge in [0.1, 0.15) is 5.75 Å². The number of nitrogens with zero attached hydrogens (tertiary/aromatic N) is 3. The van der Waals surface area contributed by atoms with Crippen molar-refractivity contribution in [2.24, 2.45) is 5.92 Å². The van der Waals surface area contributed by atoms with Gasteiger partial charge in [-0.2, -0.15) is 4.98 Å². The summed E-state index contributed by atoms with van der Waals surface area (Å²) >= 11 is 0. The van der Waals surface area contributed by atoms with E-state index in [1.165, 1.54) is 4.90 Å². The average molecular weight is 447 g/mol. The summed E-state index contributed by atoms with van der Waals surface area (Å²) in [6, 6.07) is 14.7. The van der Waals surface area contributed by atoms with Gasteiger partial charge in [0.15, 0.2) is 0 Å². The van der Waals surface area contributed by atoms with Crippen molar-refractivity contribution >= 4 is 11.9 Å². The molecule has 2 fully saturated rings. The Morgan fingerprint density at radius 1 is 1.12 bits per heavy atom. The summed E-state index contributed by atoms with van der Waals surface area (Å²) in [5.41, 5.74) is 2.90. The van der Waals surface area contributed by atoms with Crippen LogP contribution >= 0.6 is 0 Å². The molecule has 1 aliphatic heterocycles. The Morgan fingerprint density at radius 2 is 1.91 bits per heavy atom. The summed E-state index contributed by atoms with van der Waals surface area (Å²) < 4.78 is 10.8. The second-order valence-electron chi connectivity index (χ2n) is 8.72. The van der Waals surface area contributed by atoms with Gasteiger partial charge in [-0.05, 0) is 49.4 Å². The van der Waals surface area contributed by atoms with E-state index in [0.29, 0.717) is 24.6 Å². The fourth-order valence-corrected chi connectivity index (χ4v) is 4.78. The molecule has 33 heavy (non-hydrogen) atoms. The van der Waals surface area contributed by atoms with Gasteiger partial charge in [0.2, 0.25) is 17.6 Å². The Labute approximate surface area is 191 Å². The van der Waals surface area contributed by atoms with Gasteiger partial charge in [0.25, 0.3) is 0 Å². The normalized spacial score (nSPS) is 22.6. The monoisotopic (exact) mass is 446 g/mol. The van der Waals surface area contributed by atoms with Crippen LogP contribution in [0.4, 0.5) is 4.79 Å². The molecule has 1 saturated heterocycles. The number of methoxy groups -OCH3 is 1. The molecule has 8 nitrogen and oxygen atoms in total. The van der Waals surface area contributed by atoms with Gasteiger partial charge in [-0.1, -0.05) is 41.6 Å². The van der Waals surface area contributed by atoms with Crippen molar-refractivity contribution in [1.82, 2.24) is 20.4 Å². The first-order valence-corrected chi connectivity index (χ1v) is 11.2. The van der Waals surface area contributed by atoms with Crippen molar-refractivity contribution in [3.63, 3.8) is 0 Å². The van der Waals surface area contributed by atoms with Crippen LogP contribution in [0.25, 0.3) is 11.4 Å². The van der Waals surface area contributed by atoms with E-state index in [2.05, 4.69) is 15.5 Å². The zero-order valence-corrected chi connectivity index (χ0v) is 18.7. The third-order valence-corrected chi connectivity index (χ3v) is 6.66. The summed E-state index contributed by atoms with van der Waals surface area (Å²) in [4.78, 5) is 31.9. The van der Waals surface area contributed by atoms with E-state index in [-0.39, 0.29) is 36.4 Å². The molecule has 8 heteroatoms. The maximum absolute atomic E-state index is 13.2. The number of ether oxygens (including phenoxy) is 1. The summed E-state index contributed by atoms with van der Waals surface area (Å²) in [7, 11) is 1.60. The highest BCUT2D eigenvalue weighted by Gasteiger charge is 2.45. The van der Waals surface area contributed by atoms with Crippen LogP contribution in [-0.2, 0) is 11.3 Å². The van der Waals surface area contributed by atoms with E-state index < -0.39 is 0 Å². The van der Waals surface area contributed by atoms with Crippen LogP contribution < -0.4 is 10.1 Å². The predicted molar refractivity (Wildman–Crippen MR) is 120 cm³/mol. The number of aryl methyl sites for hydroxylation is 1. The molecule has 3 amide bonds. The van der Waals surface area contributed by atoms with Crippen molar-refractivity contribution in [2.75, 3.05) is 7.11 Å². The van der Waals surface area contributed by atoms with Gasteiger partial charge in [0.05, 0.1) is 19.6 Å². The fraction of sp³-hybridized carbons (Fsp3) is 0.360. The minimum absolute atomic E-state index is 0.0118. The van der Waals surface area contributed by atoms with Crippen molar-refractivity contribution < 1.29 is 18.8 Å². The van der Waals surface area contributed by atoms with Gasteiger partial charge in [-0.15, -0.1) is 0 Å². The quantitative estimate of drug-likeness (QED) is 0.635. The Bertz CT molecular complexity index is 1170. The SMILES string of the molecule is COc1ccc(CN2C(=O)NC3CC(c4nc(-c5ccccc5C)no4)CCC3C2=O)cc1. The first kappa shape index (κ1) is 21.2. The molecule has 3 unspecified atom stereocenters. The molecule has 3 atom stereocenters. The fourth-order valence-electron chi connectivity index (χ4n) is 4.78. The van der Waals surface area contributed by atoms with Crippen LogP contribution in [0.3, 0.4) is 0 Å². The van der Waals surface area contributed by atoms with Gasteiger partial charge in [-0.3, -0.25) is 9.69 Å². The minimum atomic E-state index is -0.358. The molecule has 0 radical (unpaired) electrons. The molecule has 5 rings (SSSR count). The number of hydrogen-bond acceptors (Lipinski definition) is 6. The number of amides is 3. The molecule has 2 aromatic carbocycles. The second kappa shape index (κ2) is 8.69. The first-order valence-electron chi connectivity index (χ1n) is 11.2. The predicted octanol–water partition coefficient (Wildman–Crippen LogP) is 4.06.